The Morgan fingerprint density at radius 2 is 1.90 bits per heavy atom. The number of likely N-dealkylation sites (N-methyl/N-ethyl adjacent to an activating group) is 1. The van der Waals surface area contributed by atoms with E-state index in [0.29, 0.717) is 29.9 Å². The van der Waals surface area contributed by atoms with E-state index in [2.05, 4.69) is 0 Å². The van der Waals surface area contributed by atoms with Crippen LogP contribution in [0.3, 0.4) is 0 Å². The first-order chi connectivity index (χ1) is 14.5. The fraction of sp³-hybridized carbons (Fsp3) is 0.455. The summed E-state index contributed by atoms with van der Waals surface area (Å²) in [5.41, 5.74) is 2.40. The minimum Gasteiger partial charge on any atom is -0.449 e. The highest BCUT2D eigenvalue weighted by Gasteiger charge is 2.36. The van der Waals surface area contributed by atoms with Gasteiger partial charge in [0.2, 0.25) is 0 Å². The van der Waals surface area contributed by atoms with Gasteiger partial charge in [0.05, 0.1) is 17.1 Å². The van der Waals surface area contributed by atoms with Gasteiger partial charge in [-0.2, -0.15) is 0 Å². The zero-order valence-electron chi connectivity index (χ0n) is 18.1. The van der Waals surface area contributed by atoms with Crippen LogP contribution in [0.15, 0.2) is 30.3 Å². The summed E-state index contributed by atoms with van der Waals surface area (Å²) in [5.74, 6) is -1.41. The molecule has 2 unspecified atom stereocenters. The van der Waals surface area contributed by atoms with Crippen LogP contribution in [-0.4, -0.2) is 60.0 Å². The van der Waals surface area contributed by atoms with Gasteiger partial charge in [0.25, 0.3) is 5.91 Å². The lowest BCUT2D eigenvalue weighted by Crippen LogP contribution is -2.46. The van der Waals surface area contributed by atoms with Gasteiger partial charge in [-0.25, -0.2) is 17.6 Å². The SMILES string of the molecule is CCN(C(=O)C(C)OC(=O)c1cc(C)n(-c2ccc(F)cc2)c1C)C1CCS(=O)(=O)C1. The van der Waals surface area contributed by atoms with Gasteiger partial charge >= 0.3 is 5.97 Å². The van der Waals surface area contributed by atoms with Crippen molar-refractivity contribution in [1.82, 2.24) is 9.47 Å². The molecule has 0 bridgehead atoms. The number of aryl methyl sites for hydroxylation is 1. The first-order valence-corrected chi connectivity index (χ1v) is 12.0. The molecule has 1 fully saturated rings. The molecule has 1 aromatic carbocycles. The van der Waals surface area contributed by atoms with Crippen LogP contribution in [0.2, 0.25) is 0 Å². The maximum atomic E-state index is 13.3. The normalized spacial score (nSPS) is 18.5. The fourth-order valence-electron chi connectivity index (χ4n) is 4.08. The Hall–Kier alpha value is -2.68. The number of nitrogens with zero attached hydrogens (tertiary/aromatic N) is 2. The molecule has 0 spiro atoms. The Bertz CT molecular complexity index is 1090. The predicted molar refractivity (Wildman–Crippen MR) is 115 cm³/mol. The van der Waals surface area contributed by atoms with Gasteiger partial charge in [-0.15, -0.1) is 0 Å². The van der Waals surface area contributed by atoms with Crippen molar-refractivity contribution in [3.63, 3.8) is 0 Å². The number of carbonyl (C=O) groups is 2. The average Bonchev–Trinajstić information content (AvgIpc) is 3.21. The van der Waals surface area contributed by atoms with Gasteiger partial charge < -0.3 is 14.2 Å². The first kappa shape index (κ1) is 23.0. The molecule has 1 aliphatic heterocycles. The summed E-state index contributed by atoms with van der Waals surface area (Å²) in [7, 11) is -3.14. The number of carbonyl (C=O) groups excluding carboxylic acids is 2. The summed E-state index contributed by atoms with van der Waals surface area (Å²) in [6.07, 6.45) is -0.661. The fourth-order valence-corrected chi connectivity index (χ4v) is 5.81. The third kappa shape index (κ3) is 4.81. The molecule has 3 rings (SSSR count). The van der Waals surface area contributed by atoms with E-state index in [9.17, 15) is 22.4 Å². The molecule has 0 radical (unpaired) electrons. The molecular formula is C22H27FN2O5S. The van der Waals surface area contributed by atoms with Crippen LogP contribution in [0.25, 0.3) is 5.69 Å². The molecule has 2 aromatic rings. The summed E-state index contributed by atoms with van der Waals surface area (Å²) < 4.78 is 44.1. The standard InChI is InChI=1S/C22H27FN2O5S/c1-5-24(19-10-11-31(28,29)13-19)21(26)16(4)30-22(27)20-12-14(2)25(15(20)3)18-8-6-17(23)7-9-18/h6-9,12,16,19H,5,10-11,13H2,1-4H3. The molecule has 7 nitrogen and oxygen atoms in total. The topological polar surface area (TPSA) is 85.7 Å². The zero-order chi connectivity index (χ0) is 22.9. The Morgan fingerprint density at radius 1 is 1.26 bits per heavy atom. The summed E-state index contributed by atoms with van der Waals surface area (Å²) in [4.78, 5) is 27.1. The molecule has 0 N–H and O–H groups in total. The van der Waals surface area contributed by atoms with Crippen LogP contribution in [0.5, 0.6) is 0 Å². The number of ether oxygens (including phenoxy) is 1. The molecule has 1 saturated heterocycles. The van der Waals surface area contributed by atoms with Crippen molar-refractivity contribution in [2.75, 3.05) is 18.1 Å². The van der Waals surface area contributed by atoms with Crippen molar-refractivity contribution in [2.45, 2.75) is 46.3 Å². The van der Waals surface area contributed by atoms with Crippen molar-refractivity contribution < 1.29 is 27.1 Å². The molecule has 2 heterocycles. The summed E-state index contributed by atoms with van der Waals surface area (Å²) in [5, 5.41) is 0. The minimum atomic E-state index is -3.14. The first-order valence-electron chi connectivity index (χ1n) is 10.2. The van der Waals surface area contributed by atoms with E-state index >= 15 is 0 Å². The van der Waals surface area contributed by atoms with Crippen molar-refractivity contribution in [1.29, 1.82) is 0 Å². The number of rotatable bonds is 6. The maximum absolute atomic E-state index is 13.3. The number of sulfone groups is 1. The summed E-state index contributed by atoms with van der Waals surface area (Å²) in [6.45, 7) is 7.17. The summed E-state index contributed by atoms with van der Waals surface area (Å²) >= 11 is 0. The van der Waals surface area contributed by atoms with E-state index in [1.54, 1.807) is 32.0 Å². The Balaban J connectivity index is 1.76. The molecule has 1 aliphatic rings. The predicted octanol–water partition coefficient (Wildman–Crippen LogP) is 2.81. The Morgan fingerprint density at radius 3 is 2.45 bits per heavy atom. The number of aromatic nitrogens is 1. The molecule has 0 aliphatic carbocycles. The van der Waals surface area contributed by atoms with E-state index in [-0.39, 0.29) is 17.3 Å². The number of halogens is 1. The second-order valence-electron chi connectivity index (χ2n) is 7.83. The van der Waals surface area contributed by atoms with Gasteiger partial charge in [-0.3, -0.25) is 4.79 Å². The van der Waals surface area contributed by atoms with Gasteiger partial charge in [0.1, 0.15) is 5.82 Å². The van der Waals surface area contributed by atoms with Crippen molar-refractivity contribution in [3.05, 3.63) is 53.1 Å². The largest absolute Gasteiger partial charge is 0.449 e. The van der Waals surface area contributed by atoms with E-state index in [4.69, 9.17) is 4.74 Å². The number of hydrogen-bond donors (Lipinski definition) is 0. The second kappa shape index (κ2) is 8.82. The monoisotopic (exact) mass is 450 g/mol. The van der Waals surface area contributed by atoms with Crippen molar-refractivity contribution in [3.8, 4) is 5.69 Å². The van der Waals surface area contributed by atoms with Gasteiger partial charge in [0.15, 0.2) is 15.9 Å². The molecule has 2 atom stereocenters. The minimum absolute atomic E-state index is 0.0605. The Kier molecular flexibility index (Phi) is 6.54. The molecule has 9 heteroatoms. The van der Waals surface area contributed by atoms with Crippen LogP contribution in [0.1, 0.15) is 42.0 Å². The number of benzene rings is 1. The lowest BCUT2D eigenvalue weighted by Gasteiger charge is -2.29. The van der Waals surface area contributed by atoms with Gasteiger partial charge in [0, 0.05) is 29.7 Å². The van der Waals surface area contributed by atoms with E-state index in [0.717, 1.165) is 5.69 Å². The highest BCUT2D eigenvalue weighted by atomic mass is 32.2. The average molecular weight is 451 g/mol. The van der Waals surface area contributed by atoms with Crippen molar-refractivity contribution >= 4 is 21.7 Å². The molecule has 168 valence electrons. The van der Waals surface area contributed by atoms with E-state index in [1.807, 2.05) is 11.5 Å². The zero-order valence-corrected chi connectivity index (χ0v) is 18.9. The highest BCUT2D eigenvalue weighted by Crippen LogP contribution is 2.23. The smallest absolute Gasteiger partial charge is 0.340 e. The van der Waals surface area contributed by atoms with Crippen LogP contribution in [-0.2, 0) is 19.4 Å². The van der Waals surface area contributed by atoms with Crippen molar-refractivity contribution in [2.24, 2.45) is 0 Å². The number of esters is 1. The van der Waals surface area contributed by atoms with Crippen LogP contribution in [0.4, 0.5) is 4.39 Å². The quantitative estimate of drug-likeness (QED) is 0.632. The lowest BCUT2D eigenvalue weighted by molar-refractivity contribution is -0.141. The lowest BCUT2D eigenvalue weighted by atomic mass is 10.2. The molecule has 31 heavy (non-hydrogen) atoms. The molecule has 1 aromatic heterocycles. The van der Waals surface area contributed by atoms with Gasteiger partial charge in [-0.05, 0) is 64.4 Å². The highest BCUT2D eigenvalue weighted by molar-refractivity contribution is 7.91. The second-order valence-corrected chi connectivity index (χ2v) is 10.1. The van der Waals surface area contributed by atoms with Crippen LogP contribution in [0, 0.1) is 19.7 Å². The number of hydrogen-bond acceptors (Lipinski definition) is 5. The molecular weight excluding hydrogens is 423 g/mol. The van der Waals surface area contributed by atoms with E-state index in [1.165, 1.54) is 24.0 Å². The van der Waals surface area contributed by atoms with E-state index < -0.39 is 33.9 Å². The Labute approximate surface area is 181 Å². The summed E-state index contributed by atoms with van der Waals surface area (Å²) in [6, 6.07) is 7.19. The third-order valence-electron chi connectivity index (χ3n) is 5.64. The van der Waals surface area contributed by atoms with Crippen LogP contribution < -0.4 is 0 Å². The number of amides is 1. The maximum Gasteiger partial charge on any atom is 0.340 e. The molecule has 0 saturated carbocycles. The van der Waals surface area contributed by atoms with Gasteiger partial charge in [-0.1, -0.05) is 0 Å². The molecule has 1 amide bonds. The third-order valence-corrected chi connectivity index (χ3v) is 7.39. The van der Waals surface area contributed by atoms with Crippen LogP contribution >= 0.6 is 0 Å².